The van der Waals surface area contributed by atoms with E-state index in [0.29, 0.717) is 0 Å². The lowest BCUT2D eigenvalue weighted by Gasteiger charge is -2.34. The summed E-state index contributed by atoms with van der Waals surface area (Å²) in [5.74, 6) is 0. The second-order valence-electron chi connectivity index (χ2n) is 6.89. The Hall–Kier alpha value is -3.39. The summed E-state index contributed by atoms with van der Waals surface area (Å²) in [6.45, 7) is 0. The molecule has 4 aromatic rings. The van der Waals surface area contributed by atoms with Crippen molar-refractivity contribution in [1.29, 1.82) is 0 Å². The number of nitrogens with zero attached hydrogens (tertiary/aromatic N) is 1. The minimum absolute atomic E-state index is 0.0924. The molecule has 2 heteroatoms. The van der Waals surface area contributed by atoms with Gasteiger partial charge in [-0.25, -0.2) is 4.99 Å². The Kier molecular flexibility index (Phi) is 2.69. The Bertz CT molecular complexity index is 1220. The maximum Gasteiger partial charge on any atom is 0.0953 e. The van der Waals surface area contributed by atoms with Crippen LogP contribution < -0.4 is 5.32 Å². The quantitative estimate of drug-likeness (QED) is 0.413. The van der Waals surface area contributed by atoms with Gasteiger partial charge >= 0.3 is 0 Å². The van der Waals surface area contributed by atoms with Crippen LogP contribution in [0.1, 0.15) is 17.2 Å². The molecule has 0 saturated heterocycles. The Morgan fingerprint density at radius 2 is 1.38 bits per heavy atom. The molecule has 2 nitrogen and oxygen atoms in total. The number of hydrogen-bond donors (Lipinski definition) is 1. The third kappa shape index (κ3) is 1.79. The second-order valence-corrected chi connectivity index (χ2v) is 6.89. The normalized spacial score (nSPS) is 16.6. The molecule has 1 aliphatic carbocycles. The fourth-order valence-corrected chi connectivity index (χ4v) is 4.28. The van der Waals surface area contributed by atoms with Crippen molar-refractivity contribution in [1.82, 2.24) is 0 Å². The fraction of sp³-hybridized carbons (Fsp3) is 0.0417. The summed E-state index contributed by atoms with van der Waals surface area (Å²) in [6, 6.07) is 30.1. The highest BCUT2D eigenvalue weighted by atomic mass is 15.0. The molecule has 4 aromatic carbocycles. The third-order valence-corrected chi connectivity index (χ3v) is 5.47. The lowest BCUT2D eigenvalue weighted by atomic mass is 9.80. The number of anilines is 1. The number of aliphatic imine (C=N–C) groups is 1. The molecule has 0 aromatic heterocycles. The summed E-state index contributed by atoms with van der Waals surface area (Å²) in [5.41, 5.74) is 8.34. The van der Waals surface area contributed by atoms with Crippen LogP contribution in [0.3, 0.4) is 0 Å². The van der Waals surface area contributed by atoms with Gasteiger partial charge in [0, 0.05) is 10.9 Å². The van der Waals surface area contributed by atoms with Gasteiger partial charge in [-0.3, -0.25) is 0 Å². The van der Waals surface area contributed by atoms with Gasteiger partial charge in [0.2, 0.25) is 0 Å². The Balaban J connectivity index is 1.69. The molecule has 6 rings (SSSR count). The molecule has 1 heterocycles. The monoisotopic (exact) mass is 332 g/mol. The molecule has 26 heavy (non-hydrogen) atoms. The highest BCUT2D eigenvalue weighted by molar-refractivity contribution is 6.18. The molecule has 1 atom stereocenters. The van der Waals surface area contributed by atoms with E-state index >= 15 is 0 Å². The zero-order valence-electron chi connectivity index (χ0n) is 14.1. The van der Waals surface area contributed by atoms with Crippen molar-refractivity contribution in [3.8, 4) is 11.1 Å². The zero-order chi connectivity index (χ0) is 17.1. The molecule has 122 valence electrons. The minimum Gasteiger partial charge on any atom is -0.371 e. The van der Waals surface area contributed by atoms with Crippen LogP contribution >= 0.6 is 0 Å². The highest BCUT2D eigenvalue weighted by Gasteiger charge is 2.33. The summed E-state index contributed by atoms with van der Waals surface area (Å²) in [6.07, 6.45) is 0. The van der Waals surface area contributed by atoms with E-state index in [0.717, 1.165) is 17.1 Å². The van der Waals surface area contributed by atoms with Gasteiger partial charge in [0.15, 0.2) is 0 Å². The van der Waals surface area contributed by atoms with E-state index in [-0.39, 0.29) is 6.04 Å². The Labute approximate surface area is 151 Å². The third-order valence-electron chi connectivity index (χ3n) is 5.47. The zero-order valence-corrected chi connectivity index (χ0v) is 14.1. The van der Waals surface area contributed by atoms with Crippen molar-refractivity contribution in [3.63, 3.8) is 0 Å². The van der Waals surface area contributed by atoms with E-state index in [9.17, 15) is 0 Å². The Morgan fingerprint density at radius 3 is 2.31 bits per heavy atom. The van der Waals surface area contributed by atoms with E-state index < -0.39 is 0 Å². The van der Waals surface area contributed by atoms with Crippen molar-refractivity contribution in [2.75, 3.05) is 5.32 Å². The first kappa shape index (κ1) is 13.9. The second kappa shape index (κ2) is 5.06. The fourth-order valence-electron chi connectivity index (χ4n) is 4.28. The molecule has 0 fully saturated rings. The van der Waals surface area contributed by atoms with E-state index in [1.807, 2.05) is 0 Å². The first-order valence-electron chi connectivity index (χ1n) is 8.96. The van der Waals surface area contributed by atoms with Gasteiger partial charge in [-0.15, -0.1) is 0 Å². The molecule has 1 aliphatic heterocycles. The number of rotatable bonds is 0. The number of hydrogen-bond acceptors (Lipinski definition) is 2. The van der Waals surface area contributed by atoms with Gasteiger partial charge < -0.3 is 5.32 Å². The number of nitrogens with one attached hydrogen (secondary N) is 1. The molecular weight excluding hydrogens is 316 g/mol. The first-order chi connectivity index (χ1) is 12.9. The van der Waals surface area contributed by atoms with Crippen LogP contribution in [0.4, 0.5) is 11.4 Å². The standard InChI is InChI=1S/C24H16N2/c1-2-8-16-15(7-1)13-14-21-22(16)26-24-20-12-6-4-10-18(20)17-9-3-5-11-19(17)23(24)25-21/h1-14,23,25H. The van der Waals surface area contributed by atoms with Crippen LogP contribution in [0, 0.1) is 0 Å². The van der Waals surface area contributed by atoms with Crippen LogP contribution in [0.25, 0.3) is 21.9 Å². The molecule has 0 radical (unpaired) electrons. The average molecular weight is 332 g/mol. The van der Waals surface area contributed by atoms with E-state index in [1.54, 1.807) is 0 Å². The maximum atomic E-state index is 5.19. The van der Waals surface area contributed by atoms with E-state index in [1.165, 1.54) is 33.0 Å². The van der Waals surface area contributed by atoms with Crippen molar-refractivity contribution >= 4 is 27.9 Å². The topological polar surface area (TPSA) is 24.4 Å². The first-order valence-corrected chi connectivity index (χ1v) is 8.96. The van der Waals surface area contributed by atoms with Crippen LogP contribution in [0.5, 0.6) is 0 Å². The van der Waals surface area contributed by atoms with Crippen molar-refractivity contribution in [2.24, 2.45) is 4.99 Å². The lowest BCUT2D eigenvalue weighted by molar-refractivity contribution is 1.01. The SMILES string of the molecule is c1ccc2c(c1)C1=Nc3c(ccc4ccccc34)NC1c1ccccc1-2. The van der Waals surface area contributed by atoms with Gasteiger partial charge in [-0.2, -0.15) is 0 Å². The van der Waals surface area contributed by atoms with Gasteiger partial charge in [0.25, 0.3) is 0 Å². The van der Waals surface area contributed by atoms with E-state index in [2.05, 4.69) is 90.2 Å². The Morgan fingerprint density at radius 1 is 0.654 bits per heavy atom. The molecule has 1 N–H and O–H groups in total. The van der Waals surface area contributed by atoms with Gasteiger partial charge in [0.1, 0.15) is 0 Å². The van der Waals surface area contributed by atoms with E-state index in [4.69, 9.17) is 4.99 Å². The molecular formula is C24H16N2. The van der Waals surface area contributed by atoms with Crippen LogP contribution in [0.2, 0.25) is 0 Å². The molecule has 0 bridgehead atoms. The predicted octanol–water partition coefficient (Wildman–Crippen LogP) is 6.11. The van der Waals surface area contributed by atoms with Crippen LogP contribution in [-0.2, 0) is 0 Å². The summed E-state index contributed by atoms with van der Waals surface area (Å²) in [7, 11) is 0. The maximum absolute atomic E-state index is 5.19. The van der Waals surface area contributed by atoms with Gasteiger partial charge in [-0.1, -0.05) is 78.9 Å². The molecule has 0 saturated carbocycles. The van der Waals surface area contributed by atoms with Crippen LogP contribution in [0.15, 0.2) is 89.9 Å². The predicted molar refractivity (Wildman–Crippen MR) is 108 cm³/mol. The highest BCUT2D eigenvalue weighted by Crippen LogP contribution is 2.46. The molecule has 0 amide bonds. The largest absolute Gasteiger partial charge is 0.371 e. The number of fused-ring (bicyclic) bond motifs is 9. The van der Waals surface area contributed by atoms with Crippen molar-refractivity contribution in [3.05, 3.63) is 96.1 Å². The number of benzene rings is 4. The summed E-state index contributed by atoms with van der Waals surface area (Å²) >= 11 is 0. The van der Waals surface area contributed by atoms with Crippen LogP contribution in [-0.4, -0.2) is 5.71 Å². The summed E-state index contributed by atoms with van der Waals surface area (Å²) in [5, 5.41) is 6.17. The smallest absolute Gasteiger partial charge is 0.0953 e. The summed E-state index contributed by atoms with van der Waals surface area (Å²) in [4.78, 5) is 5.19. The minimum atomic E-state index is 0.0924. The van der Waals surface area contributed by atoms with Crippen molar-refractivity contribution in [2.45, 2.75) is 6.04 Å². The average Bonchev–Trinajstić information content (AvgIpc) is 2.73. The molecule has 0 spiro atoms. The van der Waals surface area contributed by atoms with Crippen molar-refractivity contribution < 1.29 is 0 Å². The summed E-state index contributed by atoms with van der Waals surface area (Å²) < 4.78 is 0. The van der Waals surface area contributed by atoms with Gasteiger partial charge in [-0.05, 0) is 28.1 Å². The van der Waals surface area contributed by atoms with Gasteiger partial charge in [0.05, 0.1) is 23.1 Å². The lowest BCUT2D eigenvalue weighted by Crippen LogP contribution is -2.28. The molecule has 1 unspecified atom stereocenters. The molecule has 2 aliphatic rings.